The molecule has 1 aromatic carbocycles. The van der Waals surface area contributed by atoms with E-state index in [2.05, 4.69) is 9.73 Å². The van der Waals surface area contributed by atoms with Gasteiger partial charge in [-0.3, -0.25) is 9.59 Å². The SMILES string of the molecule is CC(C)(C)OC(=O)CC1=N[C@](C)(c2cc(OC=O)ccc2F)C(F)(F)CO1. The summed E-state index contributed by atoms with van der Waals surface area (Å²) in [6.45, 7) is 4.98. The van der Waals surface area contributed by atoms with Crippen LogP contribution in [0.1, 0.15) is 39.7 Å². The number of hydrogen-bond acceptors (Lipinski definition) is 6. The fourth-order valence-corrected chi connectivity index (χ4v) is 2.53. The summed E-state index contributed by atoms with van der Waals surface area (Å²) in [5.41, 5.74) is -3.63. The van der Waals surface area contributed by atoms with Gasteiger partial charge in [0, 0.05) is 5.56 Å². The van der Waals surface area contributed by atoms with Gasteiger partial charge in [0.1, 0.15) is 23.6 Å². The Hall–Kier alpha value is -2.58. The zero-order valence-electron chi connectivity index (χ0n) is 15.3. The molecule has 0 spiro atoms. The van der Waals surface area contributed by atoms with Crippen molar-refractivity contribution in [3.63, 3.8) is 0 Å². The third-order valence-electron chi connectivity index (χ3n) is 3.84. The van der Waals surface area contributed by atoms with Crippen molar-refractivity contribution in [3.05, 3.63) is 29.6 Å². The Morgan fingerprint density at radius 1 is 1.37 bits per heavy atom. The minimum Gasteiger partial charge on any atom is -0.474 e. The molecule has 0 aromatic heterocycles. The van der Waals surface area contributed by atoms with E-state index < -0.39 is 47.4 Å². The van der Waals surface area contributed by atoms with E-state index in [-0.39, 0.29) is 18.1 Å². The Morgan fingerprint density at radius 2 is 2.04 bits per heavy atom. The van der Waals surface area contributed by atoms with E-state index in [0.717, 1.165) is 25.1 Å². The van der Waals surface area contributed by atoms with E-state index in [0.29, 0.717) is 0 Å². The van der Waals surface area contributed by atoms with Crippen LogP contribution in [0.25, 0.3) is 0 Å². The molecule has 0 saturated carbocycles. The van der Waals surface area contributed by atoms with Crippen LogP contribution in [-0.4, -0.2) is 36.5 Å². The van der Waals surface area contributed by atoms with Crippen LogP contribution in [0, 0.1) is 5.82 Å². The summed E-state index contributed by atoms with van der Waals surface area (Å²) in [6.07, 6.45) is -0.477. The number of halogens is 3. The Balaban J connectivity index is 2.43. The normalized spacial score (nSPS) is 21.7. The topological polar surface area (TPSA) is 74.2 Å². The number of aliphatic imine (C=N–C) groups is 1. The van der Waals surface area contributed by atoms with Gasteiger partial charge in [-0.05, 0) is 45.9 Å². The van der Waals surface area contributed by atoms with Gasteiger partial charge in [0.15, 0.2) is 18.0 Å². The quantitative estimate of drug-likeness (QED) is 0.572. The van der Waals surface area contributed by atoms with E-state index in [9.17, 15) is 22.8 Å². The lowest BCUT2D eigenvalue weighted by atomic mass is 9.85. The van der Waals surface area contributed by atoms with Gasteiger partial charge in [-0.15, -0.1) is 0 Å². The summed E-state index contributed by atoms with van der Waals surface area (Å²) < 4.78 is 58.1. The number of carbonyl (C=O) groups is 2. The summed E-state index contributed by atoms with van der Waals surface area (Å²) >= 11 is 0. The largest absolute Gasteiger partial charge is 0.474 e. The average molecular weight is 387 g/mol. The first-order valence-electron chi connectivity index (χ1n) is 8.09. The zero-order valence-corrected chi connectivity index (χ0v) is 15.3. The average Bonchev–Trinajstić information content (AvgIpc) is 2.51. The van der Waals surface area contributed by atoms with Crippen LogP contribution in [0.5, 0.6) is 5.75 Å². The van der Waals surface area contributed by atoms with Gasteiger partial charge >= 0.3 is 11.9 Å². The maximum Gasteiger partial charge on any atom is 0.315 e. The summed E-state index contributed by atoms with van der Waals surface area (Å²) in [7, 11) is 0. The smallest absolute Gasteiger partial charge is 0.315 e. The second-order valence-corrected chi connectivity index (χ2v) is 7.19. The number of hydrogen-bond donors (Lipinski definition) is 0. The highest BCUT2D eigenvalue weighted by atomic mass is 19.3. The molecule has 0 fully saturated rings. The highest BCUT2D eigenvalue weighted by Gasteiger charge is 2.56. The number of nitrogens with zero attached hydrogens (tertiary/aromatic N) is 1. The van der Waals surface area contributed by atoms with Crippen molar-refractivity contribution < 1.29 is 37.0 Å². The highest BCUT2D eigenvalue weighted by Crippen LogP contribution is 2.45. The van der Waals surface area contributed by atoms with Crippen molar-refractivity contribution in [2.45, 2.75) is 51.2 Å². The highest BCUT2D eigenvalue weighted by molar-refractivity contribution is 5.95. The lowest BCUT2D eigenvalue weighted by Crippen LogP contribution is -2.50. The van der Waals surface area contributed by atoms with E-state index in [4.69, 9.17) is 9.47 Å². The van der Waals surface area contributed by atoms with Gasteiger partial charge in [-0.1, -0.05) is 0 Å². The third kappa shape index (κ3) is 4.58. The van der Waals surface area contributed by atoms with Crippen molar-refractivity contribution in [1.29, 1.82) is 0 Å². The summed E-state index contributed by atoms with van der Waals surface area (Å²) in [4.78, 5) is 26.2. The lowest BCUT2D eigenvalue weighted by molar-refractivity contribution is -0.154. The molecule has 1 aliphatic heterocycles. The molecule has 1 atom stereocenters. The monoisotopic (exact) mass is 387 g/mol. The standard InChI is InChI=1S/C18H20F3NO5/c1-16(2,3)27-15(24)8-14-22-17(4,18(20,21)9-25-14)12-7-11(26-10-23)5-6-13(12)19/h5-7,10H,8-9H2,1-4H3/t17-/m1/s1. The van der Waals surface area contributed by atoms with Gasteiger partial charge in [-0.2, -0.15) is 8.78 Å². The number of carbonyl (C=O) groups excluding carboxylic acids is 2. The summed E-state index contributed by atoms with van der Waals surface area (Å²) in [6, 6.07) is 2.99. The molecule has 6 nitrogen and oxygen atoms in total. The molecular weight excluding hydrogens is 367 g/mol. The second kappa shape index (κ2) is 7.21. The molecule has 1 aromatic rings. The van der Waals surface area contributed by atoms with Crippen molar-refractivity contribution in [1.82, 2.24) is 0 Å². The fraction of sp³-hybridized carbons (Fsp3) is 0.500. The number of rotatable bonds is 5. The van der Waals surface area contributed by atoms with Gasteiger partial charge in [0.2, 0.25) is 0 Å². The van der Waals surface area contributed by atoms with Gasteiger partial charge in [0.05, 0.1) is 0 Å². The first-order chi connectivity index (χ1) is 12.4. The Morgan fingerprint density at radius 3 is 2.63 bits per heavy atom. The predicted octanol–water partition coefficient (Wildman–Crippen LogP) is 3.37. The molecular formula is C18H20F3NO5. The Bertz CT molecular complexity index is 773. The van der Waals surface area contributed by atoms with Crippen molar-refractivity contribution in [2.24, 2.45) is 4.99 Å². The summed E-state index contributed by atoms with van der Waals surface area (Å²) in [5.74, 6) is -5.66. The Kier molecular flexibility index (Phi) is 5.53. The number of alkyl halides is 2. The third-order valence-corrected chi connectivity index (χ3v) is 3.84. The molecule has 9 heteroatoms. The number of ether oxygens (including phenoxy) is 3. The predicted molar refractivity (Wildman–Crippen MR) is 89.2 cm³/mol. The summed E-state index contributed by atoms with van der Waals surface area (Å²) in [5, 5.41) is 0. The molecule has 0 aliphatic carbocycles. The maximum atomic E-state index is 14.6. The first-order valence-corrected chi connectivity index (χ1v) is 8.09. The molecule has 148 valence electrons. The van der Waals surface area contributed by atoms with Crippen LogP contribution in [0.4, 0.5) is 13.2 Å². The van der Waals surface area contributed by atoms with Crippen LogP contribution in [0.2, 0.25) is 0 Å². The molecule has 27 heavy (non-hydrogen) atoms. The molecule has 1 aliphatic rings. The van der Waals surface area contributed by atoms with Crippen molar-refractivity contribution in [3.8, 4) is 5.75 Å². The van der Waals surface area contributed by atoms with Crippen molar-refractivity contribution >= 4 is 18.3 Å². The number of benzene rings is 1. The second-order valence-electron chi connectivity index (χ2n) is 7.19. The van der Waals surface area contributed by atoms with E-state index >= 15 is 0 Å². The van der Waals surface area contributed by atoms with Gasteiger partial charge in [0.25, 0.3) is 6.47 Å². The van der Waals surface area contributed by atoms with Crippen LogP contribution >= 0.6 is 0 Å². The van der Waals surface area contributed by atoms with Gasteiger partial charge < -0.3 is 14.2 Å². The van der Waals surface area contributed by atoms with Gasteiger partial charge in [-0.25, -0.2) is 9.38 Å². The Labute approximate surface area is 154 Å². The van der Waals surface area contributed by atoms with Crippen LogP contribution in [-0.2, 0) is 24.6 Å². The van der Waals surface area contributed by atoms with Crippen LogP contribution in [0.15, 0.2) is 23.2 Å². The van der Waals surface area contributed by atoms with Crippen LogP contribution in [0.3, 0.4) is 0 Å². The lowest BCUT2D eigenvalue weighted by Gasteiger charge is -2.38. The fourth-order valence-electron chi connectivity index (χ4n) is 2.53. The maximum absolute atomic E-state index is 14.6. The number of esters is 1. The van der Waals surface area contributed by atoms with E-state index in [1.807, 2.05) is 0 Å². The van der Waals surface area contributed by atoms with Crippen LogP contribution < -0.4 is 4.74 Å². The molecule has 0 saturated heterocycles. The molecule has 0 bridgehead atoms. The minimum atomic E-state index is -3.58. The van der Waals surface area contributed by atoms with E-state index in [1.54, 1.807) is 20.8 Å². The molecule has 1 heterocycles. The molecule has 0 N–H and O–H groups in total. The van der Waals surface area contributed by atoms with Crippen molar-refractivity contribution in [2.75, 3.05) is 6.61 Å². The zero-order chi connectivity index (χ0) is 20.5. The molecule has 2 rings (SSSR count). The first kappa shape index (κ1) is 20.7. The van der Waals surface area contributed by atoms with E-state index in [1.165, 1.54) is 0 Å². The minimum absolute atomic E-state index is 0.0959. The molecule has 0 unspecified atom stereocenters. The molecule has 0 amide bonds. The molecule has 0 radical (unpaired) electrons.